The molecule has 0 unspecified atom stereocenters. The van der Waals surface area contributed by atoms with Gasteiger partial charge in [0.1, 0.15) is 5.75 Å². The zero-order chi connectivity index (χ0) is 18.2. The molecular weight excluding hydrogens is 330 g/mol. The number of para-hydroxylation sites is 2. The van der Waals surface area contributed by atoms with Crippen molar-refractivity contribution in [2.75, 3.05) is 50.2 Å². The SMILES string of the molecule is COc1ccc(CNC(=O)CNc2ccccc2N2CCOCC2)cc1. The maximum Gasteiger partial charge on any atom is 0.239 e. The summed E-state index contributed by atoms with van der Waals surface area (Å²) in [6.45, 7) is 3.92. The summed E-state index contributed by atoms with van der Waals surface area (Å²) in [5.74, 6) is 0.763. The fourth-order valence-electron chi connectivity index (χ4n) is 2.89. The first-order chi connectivity index (χ1) is 12.8. The number of methoxy groups -OCH3 is 1. The predicted molar refractivity (Wildman–Crippen MR) is 103 cm³/mol. The highest BCUT2D eigenvalue weighted by molar-refractivity contribution is 5.82. The Bertz CT molecular complexity index is 712. The molecule has 0 aliphatic carbocycles. The molecule has 0 radical (unpaired) electrons. The lowest BCUT2D eigenvalue weighted by atomic mass is 10.2. The molecule has 3 rings (SSSR count). The monoisotopic (exact) mass is 355 g/mol. The fraction of sp³-hybridized carbons (Fsp3) is 0.350. The average Bonchev–Trinajstić information content (AvgIpc) is 2.72. The molecule has 0 aromatic heterocycles. The van der Waals surface area contributed by atoms with Gasteiger partial charge in [0.2, 0.25) is 5.91 Å². The molecular formula is C20H25N3O3. The van der Waals surface area contributed by atoms with Gasteiger partial charge < -0.3 is 25.0 Å². The van der Waals surface area contributed by atoms with Crippen LogP contribution in [0.15, 0.2) is 48.5 Å². The summed E-state index contributed by atoms with van der Waals surface area (Å²) in [6.07, 6.45) is 0. The van der Waals surface area contributed by atoms with Crippen molar-refractivity contribution < 1.29 is 14.3 Å². The number of nitrogens with one attached hydrogen (secondary N) is 2. The van der Waals surface area contributed by atoms with Gasteiger partial charge in [0, 0.05) is 19.6 Å². The van der Waals surface area contributed by atoms with Crippen molar-refractivity contribution >= 4 is 17.3 Å². The van der Waals surface area contributed by atoms with Crippen molar-refractivity contribution in [2.45, 2.75) is 6.54 Å². The molecule has 138 valence electrons. The van der Waals surface area contributed by atoms with Gasteiger partial charge in [-0.3, -0.25) is 4.79 Å². The van der Waals surface area contributed by atoms with Crippen molar-refractivity contribution in [3.8, 4) is 5.75 Å². The van der Waals surface area contributed by atoms with E-state index in [2.05, 4.69) is 21.6 Å². The van der Waals surface area contributed by atoms with E-state index >= 15 is 0 Å². The topological polar surface area (TPSA) is 62.8 Å². The highest BCUT2D eigenvalue weighted by Gasteiger charge is 2.14. The third kappa shape index (κ3) is 4.89. The Balaban J connectivity index is 1.51. The lowest BCUT2D eigenvalue weighted by Gasteiger charge is -2.30. The van der Waals surface area contributed by atoms with Crippen LogP contribution in [0.2, 0.25) is 0 Å². The summed E-state index contributed by atoms with van der Waals surface area (Å²) in [4.78, 5) is 14.4. The molecule has 2 N–H and O–H groups in total. The van der Waals surface area contributed by atoms with Crippen LogP contribution in [0.5, 0.6) is 5.75 Å². The lowest BCUT2D eigenvalue weighted by Crippen LogP contribution is -2.37. The highest BCUT2D eigenvalue weighted by Crippen LogP contribution is 2.26. The standard InChI is InChI=1S/C20H25N3O3/c1-25-17-8-6-16(7-9-17)14-22-20(24)15-21-18-4-2-3-5-19(18)23-10-12-26-13-11-23/h2-9,21H,10-15H2,1H3,(H,22,24). The van der Waals surface area contributed by atoms with E-state index in [1.54, 1.807) is 7.11 Å². The van der Waals surface area contributed by atoms with Gasteiger partial charge in [-0.15, -0.1) is 0 Å². The van der Waals surface area contributed by atoms with Crippen LogP contribution in [0.25, 0.3) is 0 Å². The first-order valence-corrected chi connectivity index (χ1v) is 8.81. The van der Waals surface area contributed by atoms with Gasteiger partial charge in [-0.1, -0.05) is 24.3 Å². The van der Waals surface area contributed by atoms with Crippen LogP contribution in [0.3, 0.4) is 0 Å². The Hall–Kier alpha value is -2.73. The molecule has 1 heterocycles. The normalized spacial score (nSPS) is 14.0. The second-order valence-corrected chi connectivity index (χ2v) is 6.09. The first-order valence-electron chi connectivity index (χ1n) is 8.81. The maximum absolute atomic E-state index is 12.2. The van der Waals surface area contributed by atoms with Gasteiger partial charge in [-0.25, -0.2) is 0 Å². The van der Waals surface area contributed by atoms with Crippen LogP contribution in [-0.2, 0) is 16.1 Å². The number of carbonyl (C=O) groups excluding carboxylic acids is 1. The number of amides is 1. The third-order valence-electron chi connectivity index (χ3n) is 4.34. The summed E-state index contributed by atoms with van der Waals surface area (Å²) in [5.41, 5.74) is 3.11. The number of nitrogens with zero attached hydrogens (tertiary/aromatic N) is 1. The Morgan fingerprint density at radius 3 is 2.58 bits per heavy atom. The van der Waals surface area contributed by atoms with E-state index < -0.39 is 0 Å². The van der Waals surface area contributed by atoms with Crippen molar-refractivity contribution in [1.82, 2.24) is 5.32 Å². The molecule has 1 saturated heterocycles. The molecule has 0 spiro atoms. The number of rotatable bonds is 7. The van der Waals surface area contributed by atoms with E-state index in [0.29, 0.717) is 6.54 Å². The summed E-state index contributed by atoms with van der Waals surface area (Å²) >= 11 is 0. The van der Waals surface area contributed by atoms with E-state index in [4.69, 9.17) is 9.47 Å². The summed E-state index contributed by atoms with van der Waals surface area (Å²) in [6, 6.07) is 15.7. The van der Waals surface area contributed by atoms with E-state index in [1.807, 2.05) is 42.5 Å². The quantitative estimate of drug-likeness (QED) is 0.798. The van der Waals surface area contributed by atoms with Gasteiger partial charge in [0.05, 0.1) is 38.2 Å². The van der Waals surface area contributed by atoms with Gasteiger partial charge in [0.15, 0.2) is 0 Å². The number of hydrogen-bond acceptors (Lipinski definition) is 5. The van der Waals surface area contributed by atoms with E-state index in [1.165, 1.54) is 0 Å². The van der Waals surface area contributed by atoms with Crippen LogP contribution in [0.1, 0.15) is 5.56 Å². The predicted octanol–water partition coefficient (Wildman–Crippen LogP) is 2.26. The molecule has 1 fully saturated rings. The molecule has 2 aromatic rings. The molecule has 2 aromatic carbocycles. The minimum absolute atomic E-state index is 0.0439. The van der Waals surface area contributed by atoms with Crippen LogP contribution < -0.4 is 20.3 Å². The molecule has 1 amide bonds. The number of hydrogen-bond donors (Lipinski definition) is 2. The minimum Gasteiger partial charge on any atom is -0.497 e. The molecule has 0 saturated carbocycles. The van der Waals surface area contributed by atoms with E-state index in [9.17, 15) is 4.79 Å². The molecule has 0 bridgehead atoms. The van der Waals surface area contributed by atoms with Gasteiger partial charge >= 0.3 is 0 Å². The fourth-order valence-corrected chi connectivity index (χ4v) is 2.89. The molecule has 6 nitrogen and oxygen atoms in total. The number of anilines is 2. The van der Waals surface area contributed by atoms with Crippen molar-refractivity contribution in [2.24, 2.45) is 0 Å². The molecule has 1 aliphatic rings. The number of ether oxygens (including phenoxy) is 2. The summed E-state index contributed by atoms with van der Waals surface area (Å²) < 4.78 is 10.5. The summed E-state index contributed by atoms with van der Waals surface area (Å²) in [5, 5.41) is 6.18. The van der Waals surface area contributed by atoms with Gasteiger partial charge in [-0.2, -0.15) is 0 Å². The average molecular weight is 355 g/mol. The second kappa shape index (κ2) is 9.10. The first kappa shape index (κ1) is 18.1. The number of morpholine rings is 1. The molecule has 1 aliphatic heterocycles. The molecule has 6 heteroatoms. The maximum atomic E-state index is 12.2. The Morgan fingerprint density at radius 1 is 1.12 bits per heavy atom. The Kier molecular flexibility index (Phi) is 6.33. The van der Waals surface area contributed by atoms with E-state index in [0.717, 1.165) is 49.0 Å². The van der Waals surface area contributed by atoms with Crippen LogP contribution in [0.4, 0.5) is 11.4 Å². The minimum atomic E-state index is -0.0439. The van der Waals surface area contributed by atoms with Crippen molar-refractivity contribution in [1.29, 1.82) is 0 Å². The third-order valence-corrected chi connectivity index (χ3v) is 4.34. The lowest BCUT2D eigenvalue weighted by molar-refractivity contribution is -0.119. The van der Waals surface area contributed by atoms with Gasteiger partial charge in [0.25, 0.3) is 0 Å². The number of carbonyl (C=O) groups is 1. The van der Waals surface area contributed by atoms with Crippen LogP contribution in [0, 0.1) is 0 Å². The van der Waals surface area contributed by atoms with E-state index in [-0.39, 0.29) is 12.5 Å². The zero-order valence-corrected chi connectivity index (χ0v) is 15.0. The molecule has 0 atom stereocenters. The number of benzene rings is 2. The van der Waals surface area contributed by atoms with Crippen LogP contribution in [-0.4, -0.2) is 45.9 Å². The van der Waals surface area contributed by atoms with Crippen LogP contribution >= 0.6 is 0 Å². The van der Waals surface area contributed by atoms with Gasteiger partial charge in [-0.05, 0) is 29.8 Å². The largest absolute Gasteiger partial charge is 0.497 e. The Labute approximate surface area is 154 Å². The smallest absolute Gasteiger partial charge is 0.239 e. The van der Waals surface area contributed by atoms with Crippen molar-refractivity contribution in [3.63, 3.8) is 0 Å². The Morgan fingerprint density at radius 2 is 1.85 bits per heavy atom. The summed E-state index contributed by atoms with van der Waals surface area (Å²) in [7, 11) is 1.64. The second-order valence-electron chi connectivity index (χ2n) is 6.09. The zero-order valence-electron chi connectivity index (χ0n) is 15.0. The molecule has 26 heavy (non-hydrogen) atoms. The highest BCUT2D eigenvalue weighted by atomic mass is 16.5. The van der Waals surface area contributed by atoms with Crippen molar-refractivity contribution in [3.05, 3.63) is 54.1 Å².